The van der Waals surface area contributed by atoms with Gasteiger partial charge in [0, 0.05) is 50.8 Å². The molecule has 1 saturated heterocycles. The first-order valence-corrected chi connectivity index (χ1v) is 8.27. The predicted octanol–water partition coefficient (Wildman–Crippen LogP) is 3.13. The highest BCUT2D eigenvalue weighted by Gasteiger charge is 2.30. The number of hydrogen-bond acceptors (Lipinski definition) is 3. The van der Waals surface area contributed by atoms with E-state index in [-0.39, 0.29) is 12.6 Å². The second-order valence-corrected chi connectivity index (χ2v) is 6.04. The van der Waals surface area contributed by atoms with Crippen LogP contribution >= 0.6 is 0 Å². The predicted molar refractivity (Wildman–Crippen MR) is 91.7 cm³/mol. The molecule has 1 aliphatic heterocycles. The normalized spacial score (nSPS) is 15.0. The summed E-state index contributed by atoms with van der Waals surface area (Å²) in [6.07, 6.45) is -0.934. The van der Waals surface area contributed by atoms with Crippen LogP contribution in [0.15, 0.2) is 48.8 Å². The Labute approximate surface area is 149 Å². The highest BCUT2D eigenvalue weighted by molar-refractivity contribution is 5.74. The molecule has 0 saturated carbocycles. The van der Waals surface area contributed by atoms with Gasteiger partial charge in [-0.05, 0) is 29.8 Å². The second kappa shape index (κ2) is 7.63. The number of halogens is 3. The molecule has 1 fully saturated rings. The highest BCUT2D eigenvalue weighted by Crippen LogP contribution is 2.29. The van der Waals surface area contributed by atoms with Crippen molar-refractivity contribution in [2.24, 2.45) is 0 Å². The number of rotatable bonds is 3. The Morgan fingerprint density at radius 2 is 1.77 bits per heavy atom. The van der Waals surface area contributed by atoms with Gasteiger partial charge in [0.2, 0.25) is 0 Å². The molecule has 1 N–H and O–H groups in total. The van der Waals surface area contributed by atoms with Crippen molar-refractivity contribution in [3.05, 3.63) is 59.9 Å². The van der Waals surface area contributed by atoms with Gasteiger partial charge in [-0.2, -0.15) is 13.2 Å². The zero-order valence-electron chi connectivity index (χ0n) is 14.0. The van der Waals surface area contributed by atoms with Crippen molar-refractivity contribution in [1.29, 1.82) is 0 Å². The molecule has 1 aliphatic rings. The van der Waals surface area contributed by atoms with E-state index in [2.05, 4.69) is 15.2 Å². The molecule has 2 heterocycles. The van der Waals surface area contributed by atoms with Crippen LogP contribution in [0.2, 0.25) is 0 Å². The van der Waals surface area contributed by atoms with E-state index in [1.54, 1.807) is 23.4 Å². The fourth-order valence-electron chi connectivity index (χ4n) is 2.87. The van der Waals surface area contributed by atoms with Crippen molar-refractivity contribution < 1.29 is 18.0 Å². The molecule has 1 aromatic carbocycles. The fraction of sp³-hybridized carbons (Fsp3) is 0.333. The summed E-state index contributed by atoms with van der Waals surface area (Å²) in [6.45, 7) is 2.56. The summed E-state index contributed by atoms with van der Waals surface area (Å²) >= 11 is 0. The summed E-state index contributed by atoms with van der Waals surface area (Å²) in [6, 6.07) is 8.56. The number of alkyl halides is 3. The van der Waals surface area contributed by atoms with Crippen LogP contribution in [0, 0.1) is 0 Å². The van der Waals surface area contributed by atoms with Crippen molar-refractivity contribution in [2.45, 2.75) is 12.7 Å². The van der Waals surface area contributed by atoms with Gasteiger partial charge in [0.05, 0.1) is 5.56 Å². The molecule has 0 aliphatic carbocycles. The van der Waals surface area contributed by atoms with Gasteiger partial charge in [-0.25, -0.2) is 4.79 Å². The van der Waals surface area contributed by atoms with Crippen molar-refractivity contribution in [3.8, 4) is 0 Å². The van der Waals surface area contributed by atoms with Crippen LogP contribution in [-0.4, -0.2) is 42.1 Å². The Hall–Kier alpha value is -2.77. The zero-order chi connectivity index (χ0) is 18.6. The first kappa shape index (κ1) is 18.0. The molecule has 0 unspecified atom stereocenters. The first-order chi connectivity index (χ1) is 12.4. The van der Waals surface area contributed by atoms with Gasteiger partial charge in [0.1, 0.15) is 0 Å². The topological polar surface area (TPSA) is 48.5 Å². The van der Waals surface area contributed by atoms with E-state index in [0.717, 1.165) is 17.8 Å². The summed E-state index contributed by atoms with van der Waals surface area (Å²) in [4.78, 5) is 20.1. The molecular formula is C18H19F3N4O. The van der Waals surface area contributed by atoms with Crippen molar-refractivity contribution >= 4 is 11.7 Å². The Bertz CT molecular complexity index is 744. The minimum atomic E-state index is -4.39. The van der Waals surface area contributed by atoms with Gasteiger partial charge in [0.25, 0.3) is 0 Å². The number of aromatic nitrogens is 1. The smallest absolute Gasteiger partial charge is 0.368 e. The number of urea groups is 1. The molecule has 0 radical (unpaired) electrons. The van der Waals surface area contributed by atoms with Gasteiger partial charge in [-0.1, -0.05) is 12.1 Å². The average Bonchev–Trinajstić information content (AvgIpc) is 2.66. The fourth-order valence-corrected chi connectivity index (χ4v) is 2.87. The molecular weight excluding hydrogens is 345 g/mol. The summed E-state index contributed by atoms with van der Waals surface area (Å²) in [5, 5.41) is 2.69. The van der Waals surface area contributed by atoms with Gasteiger partial charge < -0.3 is 15.1 Å². The molecule has 0 bridgehead atoms. The van der Waals surface area contributed by atoms with E-state index in [4.69, 9.17) is 0 Å². The maximum atomic E-state index is 12.7. The van der Waals surface area contributed by atoms with Gasteiger partial charge >= 0.3 is 12.2 Å². The number of amides is 2. The van der Waals surface area contributed by atoms with E-state index < -0.39 is 11.7 Å². The highest BCUT2D eigenvalue weighted by atomic mass is 19.4. The van der Waals surface area contributed by atoms with Crippen LogP contribution < -0.4 is 10.2 Å². The first-order valence-electron chi connectivity index (χ1n) is 8.27. The Kier molecular flexibility index (Phi) is 5.29. The van der Waals surface area contributed by atoms with Gasteiger partial charge in [-0.3, -0.25) is 4.98 Å². The number of hydrogen-bond donors (Lipinski definition) is 1. The van der Waals surface area contributed by atoms with Gasteiger partial charge in [0.15, 0.2) is 0 Å². The lowest BCUT2D eigenvalue weighted by molar-refractivity contribution is -0.137. The number of nitrogens with one attached hydrogen (secondary N) is 1. The number of nitrogens with zero attached hydrogens (tertiary/aromatic N) is 3. The molecule has 8 heteroatoms. The summed E-state index contributed by atoms with van der Waals surface area (Å²) in [5.74, 6) is 0. The lowest BCUT2D eigenvalue weighted by atomic mass is 10.1. The maximum absolute atomic E-state index is 12.7. The van der Waals surface area contributed by atoms with E-state index in [1.165, 1.54) is 6.07 Å². The van der Waals surface area contributed by atoms with E-state index in [9.17, 15) is 18.0 Å². The van der Waals surface area contributed by atoms with Crippen LogP contribution in [0.25, 0.3) is 0 Å². The summed E-state index contributed by atoms with van der Waals surface area (Å²) < 4.78 is 38.2. The van der Waals surface area contributed by atoms with Crippen molar-refractivity contribution in [2.75, 3.05) is 31.1 Å². The number of piperazine rings is 1. The van der Waals surface area contributed by atoms with E-state index >= 15 is 0 Å². The van der Waals surface area contributed by atoms with Crippen LogP contribution in [0.5, 0.6) is 0 Å². The molecule has 3 rings (SSSR count). The lowest BCUT2D eigenvalue weighted by Gasteiger charge is -2.36. The molecule has 2 aromatic rings. The standard InChI is InChI=1S/C18H19F3N4O/c19-18(20,21)15-3-1-2-14(12-15)13-23-17(26)25-10-8-24(9-11-25)16-4-6-22-7-5-16/h1-7,12H,8-11,13H2,(H,23,26). The van der Waals surface area contributed by atoms with Gasteiger partial charge in [-0.15, -0.1) is 0 Å². The molecule has 5 nitrogen and oxygen atoms in total. The maximum Gasteiger partial charge on any atom is 0.416 e. The third kappa shape index (κ3) is 4.44. The molecule has 1 aromatic heterocycles. The third-order valence-electron chi connectivity index (χ3n) is 4.29. The minimum Gasteiger partial charge on any atom is -0.368 e. The molecule has 138 valence electrons. The SMILES string of the molecule is O=C(NCc1cccc(C(F)(F)F)c1)N1CCN(c2ccncc2)CC1. The van der Waals surface area contributed by atoms with Crippen LogP contribution in [0.1, 0.15) is 11.1 Å². The quantitative estimate of drug-likeness (QED) is 0.910. The van der Waals surface area contributed by atoms with Crippen LogP contribution in [-0.2, 0) is 12.7 Å². The molecule has 0 spiro atoms. The average molecular weight is 364 g/mol. The second-order valence-electron chi connectivity index (χ2n) is 6.04. The Morgan fingerprint density at radius 3 is 2.42 bits per heavy atom. The Morgan fingerprint density at radius 1 is 1.08 bits per heavy atom. The van der Waals surface area contributed by atoms with Crippen LogP contribution in [0.4, 0.5) is 23.7 Å². The Balaban J connectivity index is 1.51. The number of anilines is 1. The monoisotopic (exact) mass is 364 g/mol. The van der Waals surface area contributed by atoms with Crippen molar-refractivity contribution in [3.63, 3.8) is 0 Å². The molecule has 2 amide bonds. The lowest BCUT2D eigenvalue weighted by Crippen LogP contribution is -2.51. The largest absolute Gasteiger partial charge is 0.416 e. The third-order valence-corrected chi connectivity index (χ3v) is 4.29. The summed E-state index contributed by atoms with van der Waals surface area (Å²) in [5.41, 5.74) is 0.767. The zero-order valence-corrected chi connectivity index (χ0v) is 14.0. The number of carbonyl (C=O) groups is 1. The van der Waals surface area contributed by atoms with Crippen molar-refractivity contribution in [1.82, 2.24) is 15.2 Å². The summed E-state index contributed by atoms with van der Waals surface area (Å²) in [7, 11) is 0. The van der Waals surface area contributed by atoms with E-state index in [1.807, 2.05) is 12.1 Å². The molecule has 0 atom stereocenters. The molecule has 26 heavy (non-hydrogen) atoms. The number of carbonyl (C=O) groups excluding carboxylic acids is 1. The van der Waals surface area contributed by atoms with E-state index in [0.29, 0.717) is 31.7 Å². The number of benzene rings is 1. The number of pyridine rings is 1. The van der Waals surface area contributed by atoms with Crippen LogP contribution in [0.3, 0.4) is 0 Å². The minimum absolute atomic E-state index is 0.0628.